The average Bonchev–Trinajstić information content (AvgIpc) is 2.21. The monoisotopic (exact) mass is 191 g/mol. The Balaban J connectivity index is 2.48. The maximum absolute atomic E-state index is 5.19. The van der Waals surface area contributed by atoms with Crippen molar-refractivity contribution < 1.29 is 4.84 Å². The van der Waals surface area contributed by atoms with Crippen molar-refractivity contribution in [1.82, 2.24) is 0 Å². The third-order valence-electron chi connectivity index (χ3n) is 2.09. The van der Waals surface area contributed by atoms with Gasteiger partial charge in [-0.25, -0.2) is 0 Å². The maximum atomic E-state index is 5.19. The van der Waals surface area contributed by atoms with E-state index in [1.54, 1.807) is 6.21 Å². The van der Waals surface area contributed by atoms with Crippen LogP contribution in [0.1, 0.15) is 31.4 Å². The highest BCUT2D eigenvalue weighted by atomic mass is 16.6. The molecular weight excluding hydrogens is 174 g/mol. The van der Waals surface area contributed by atoms with Gasteiger partial charge in [0.15, 0.2) is 0 Å². The lowest BCUT2D eigenvalue weighted by molar-refractivity contribution is 0.0712. The Bertz CT molecular complexity index is 290. The molecule has 0 bridgehead atoms. The van der Waals surface area contributed by atoms with Crippen LogP contribution in [0.2, 0.25) is 0 Å². The molecule has 0 radical (unpaired) electrons. The van der Waals surface area contributed by atoms with Crippen molar-refractivity contribution >= 4 is 6.21 Å². The van der Waals surface area contributed by atoms with E-state index in [1.165, 1.54) is 5.56 Å². The first-order valence-electron chi connectivity index (χ1n) is 4.98. The molecule has 1 aromatic rings. The van der Waals surface area contributed by atoms with E-state index in [1.807, 2.05) is 19.1 Å². The molecule has 0 amide bonds. The van der Waals surface area contributed by atoms with E-state index in [2.05, 4.69) is 31.1 Å². The fourth-order valence-electron chi connectivity index (χ4n) is 0.922. The van der Waals surface area contributed by atoms with Crippen LogP contribution < -0.4 is 0 Å². The lowest BCUT2D eigenvalue weighted by Gasteiger charge is -2.04. The molecule has 2 heteroatoms. The lowest BCUT2D eigenvalue weighted by atomic mass is 10.2. The first-order chi connectivity index (χ1) is 6.72. The zero-order chi connectivity index (χ0) is 10.4. The highest BCUT2D eigenvalue weighted by Crippen LogP contribution is 2.01. The van der Waals surface area contributed by atoms with Crippen molar-refractivity contribution in [2.24, 2.45) is 5.16 Å². The summed E-state index contributed by atoms with van der Waals surface area (Å²) in [7, 11) is 0. The van der Waals surface area contributed by atoms with Crippen molar-refractivity contribution in [3.8, 4) is 0 Å². The minimum atomic E-state index is 0.191. The summed E-state index contributed by atoms with van der Waals surface area (Å²) in [4.78, 5) is 5.19. The number of benzene rings is 1. The van der Waals surface area contributed by atoms with Gasteiger partial charge in [0.05, 0.1) is 6.21 Å². The van der Waals surface area contributed by atoms with Crippen LogP contribution in [-0.4, -0.2) is 12.3 Å². The van der Waals surface area contributed by atoms with Gasteiger partial charge in [-0.3, -0.25) is 0 Å². The molecule has 0 fully saturated rings. The summed E-state index contributed by atoms with van der Waals surface area (Å²) in [5.41, 5.74) is 2.32. The second-order valence-corrected chi connectivity index (χ2v) is 3.47. The molecule has 0 aliphatic carbocycles. The molecule has 0 saturated carbocycles. The second kappa shape index (κ2) is 5.43. The van der Waals surface area contributed by atoms with Crippen LogP contribution in [0, 0.1) is 6.92 Å². The first-order valence-corrected chi connectivity index (χ1v) is 4.98. The van der Waals surface area contributed by atoms with Gasteiger partial charge in [-0.05, 0) is 25.8 Å². The van der Waals surface area contributed by atoms with Crippen molar-refractivity contribution in [2.75, 3.05) is 0 Å². The van der Waals surface area contributed by atoms with Crippen LogP contribution in [0.3, 0.4) is 0 Å². The largest absolute Gasteiger partial charge is 0.393 e. The molecule has 1 unspecified atom stereocenters. The van der Waals surface area contributed by atoms with E-state index in [-0.39, 0.29) is 6.10 Å². The van der Waals surface area contributed by atoms with Crippen molar-refractivity contribution in [3.63, 3.8) is 0 Å². The van der Waals surface area contributed by atoms with E-state index in [9.17, 15) is 0 Å². The van der Waals surface area contributed by atoms with Gasteiger partial charge in [-0.2, -0.15) is 0 Å². The smallest absolute Gasteiger partial charge is 0.124 e. The van der Waals surface area contributed by atoms with Crippen molar-refractivity contribution in [1.29, 1.82) is 0 Å². The molecular formula is C12H17NO. The topological polar surface area (TPSA) is 21.6 Å². The summed E-state index contributed by atoms with van der Waals surface area (Å²) in [6, 6.07) is 8.17. The van der Waals surface area contributed by atoms with Gasteiger partial charge >= 0.3 is 0 Å². The van der Waals surface area contributed by atoms with Gasteiger partial charge in [0, 0.05) is 0 Å². The number of rotatable bonds is 4. The molecule has 2 nitrogen and oxygen atoms in total. The number of aryl methyl sites for hydroxylation is 1. The molecule has 0 aromatic heterocycles. The third-order valence-corrected chi connectivity index (χ3v) is 2.09. The summed E-state index contributed by atoms with van der Waals surface area (Å²) in [6.07, 6.45) is 2.91. The molecule has 0 aliphatic rings. The highest BCUT2D eigenvalue weighted by Gasteiger charge is 1.94. The van der Waals surface area contributed by atoms with E-state index in [0.29, 0.717) is 0 Å². The SMILES string of the molecule is CCC(C)ON=Cc1ccc(C)cc1. The number of hydrogen-bond donors (Lipinski definition) is 0. The molecule has 0 spiro atoms. The van der Waals surface area contributed by atoms with Gasteiger partial charge in [-0.1, -0.05) is 41.9 Å². The Labute approximate surface area is 85.6 Å². The molecule has 0 N–H and O–H groups in total. The predicted molar refractivity (Wildman–Crippen MR) is 59.6 cm³/mol. The van der Waals surface area contributed by atoms with Gasteiger partial charge < -0.3 is 4.84 Å². The van der Waals surface area contributed by atoms with Crippen LogP contribution in [0.25, 0.3) is 0 Å². The van der Waals surface area contributed by atoms with Crippen LogP contribution in [0.15, 0.2) is 29.4 Å². The normalized spacial score (nSPS) is 13.1. The minimum Gasteiger partial charge on any atom is -0.393 e. The second-order valence-electron chi connectivity index (χ2n) is 3.47. The van der Waals surface area contributed by atoms with Gasteiger partial charge in [0.1, 0.15) is 6.10 Å². The molecule has 1 atom stereocenters. The van der Waals surface area contributed by atoms with E-state index >= 15 is 0 Å². The van der Waals surface area contributed by atoms with Crippen LogP contribution in [0.4, 0.5) is 0 Å². The molecule has 76 valence electrons. The summed E-state index contributed by atoms with van der Waals surface area (Å²) in [5.74, 6) is 0. The zero-order valence-electron chi connectivity index (χ0n) is 9.03. The fourth-order valence-corrected chi connectivity index (χ4v) is 0.922. The average molecular weight is 191 g/mol. The third kappa shape index (κ3) is 3.60. The highest BCUT2D eigenvalue weighted by molar-refractivity contribution is 5.79. The van der Waals surface area contributed by atoms with Crippen molar-refractivity contribution in [3.05, 3.63) is 35.4 Å². The lowest BCUT2D eigenvalue weighted by Crippen LogP contribution is -2.01. The summed E-state index contributed by atoms with van der Waals surface area (Å²) >= 11 is 0. The van der Waals surface area contributed by atoms with Crippen LogP contribution in [0.5, 0.6) is 0 Å². The molecule has 14 heavy (non-hydrogen) atoms. The molecule has 1 rings (SSSR count). The fraction of sp³-hybridized carbons (Fsp3) is 0.417. The van der Waals surface area contributed by atoms with E-state index < -0.39 is 0 Å². The van der Waals surface area contributed by atoms with Crippen LogP contribution >= 0.6 is 0 Å². The number of oxime groups is 1. The van der Waals surface area contributed by atoms with Gasteiger partial charge in [0.25, 0.3) is 0 Å². The predicted octanol–water partition coefficient (Wildman–Crippen LogP) is 3.14. The Morgan fingerprint density at radius 3 is 2.57 bits per heavy atom. The summed E-state index contributed by atoms with van der Waals surface area (Å²) in [5, 5.41) is 3.92. The Morgan fingerprint density at radius 2 is 2.00 bits per heavy atom. The molecule has 0 aliphatic heterocycles. The summed E-state index contributed by atoms with van der Waals surface area (Å²) < 4.78 is 0. The molecule has 0 heterocycles. The molecule has 1 aromatic carbocycles. The Hall–Kier alpha value is -1.31. The van der Waals surface area contributed by atoms with E-state index in [4.69, 9.17) is 4.84 Å². The minimum absolute atomic E-state index is 0.191. The van der Waals surface area contributed by atoms with Gasteiger partial charge in [0.2, 0.25) is 0 Å². The molecule has 0 saturated heterocycles. The Morgan fingerprint density at radius 1 is 1.36 bits per heavy atom. The quantitative estimate of drug-likeness (QED) is 0.529. The zero-order valence-corrected chi connectivity index (χ0v) is 9.03. The standard InChI is InChI=1S/C12H17NO/c1-4-11(3)14-13-9-12-7-5-10(2)6-8-12/h5-9,11H,4H2,1-3H3. The Kier molecular flexibility index (Phi) is 4.17. The number of nitrogens with zero attached hydrogens (tertiary/aromatic N) is 1. The van der Waals surface area contributed by atoms with E-state index in [0.717, 1.165) is 12.0 Å². The summed E-state index contributed by atoms with van der Waals surface area (Å²) in [6.45, 7) is 6.15. The number of hydrogen-bond acceptors (Lipinski definition) is 2. The maximum Gasteiger partial charge on any atom is 0.124 e. The van der Waals surface area contributed by atoms with Crippen LogP contribution in [-0.2, 0) is 4.84 Å². The van der Waals surface area contributed by atoms with Gasteiger partial charge in [-0.15, -0.1) is 0 Å². The van der Waals surface area contributed by atoms with Crippen molar-refractivity contribution in [2.45, 2.75) is 33.3 Å². The first kappa shape index (κ1) is 10.8.